The van der Waals surface area contributed by atoms with E-state index >= 15 is 0 Å². The normalized spacial score (nSPS) is 21.3. The molecule has 6 nitrogen and oxygen atoms in total. The second kappa shape index (κ2) is 7.21. The number of carbonyl (C=O) groups is 1. The van der Waals surface area contributed by atoms with Crippen LogP contribution in [0, 0.1) is 5.92 Å². The number of nitrogens with one attached hydrogen (secondary N) is 1. The molecule has 1 rings (SSSR count). The van der Waals surface area contributed by atoms with Gasteiger partial charge in [0.25, 0.3) is 0 Å². The monoisotopic (exact) mass is 291 g/mol. The van der Waals surface area contributed by atoms with Gasteiger partial charge < -0.3 is 11.1 Å². The SMILES string of the molecule is CC(C)C[C@H](N)C(=O)NCCN1CCS(=O)(=O)CC1. The van der Waals surface area contributed by atoms with E-state index in [0.29, 0.717) is 38.5 Å². The number of amides is 1. The van der Waals surface area contributed by atoms with Crippen molar-refractivity contribution in [3.63, 3.8) is 0 Å². The highest BCUT2D eigenvalue weighted by molar-refractivity contribution is 7.91. The van der Waals surface area contributed by atoms with Crippen LogP contribution in [0.2, 0.25) is 0 Å². The number of hydrogen-bond acceptors (Lipinski definition) is 5. The molecule has 1 amide bonds. The summed E-state index contributed by atoms with van der Waals surface area (Å²) in [5.41, 5.74) is 5.77. The van der Waals surface area contributed by atoms with E-state index in [2.05, 4.69) is 10.2 Å². The molecule has 0 aromatic carbocycles. The van der Waals surface area contributed by atoms with E-state index in [-0.39, 0.29) is 17.4 Å². The number of carbonyl (C=O) groups excluding carboxylic acids is 1. The summed E-state index contributed by atoms with van der Waals surface area (Å²) in [4.78, 5) is 13.7. The number of rotatable bonds is 6. The Morgan fingerprint density at radius 2 is 1.89 bits per heavy atom. The molecule has 1 aliphatic rings. The predicted octanol–water partition coefficient (Wildman–Crippen LogP) is -0.794. The molecule has 7 heteroatoms. The topological polar surface area (TPSA) is 92.5 Å². The molecule has 0 spiro atoms. The van der Waals surface area contributed by atoms with E-state index in [1.54, 1.807) is 0 Å². The molecule has 0 aliphatic carbocycles. The minimum absolute atomic E-state index is 0.127. The fourth-order valence-electron chi connectivity index (χ4n) is 2.06. The Morgan fingerprint density at radius 1 is 1.32 bits per heavy atom. The summed E-state index contributed by atoms with van der Waals surface area (Å²) in [6, 6.07) is -0.457. The lowest BCUT2D eigenvalue weighted by Crippen LogP contribution is -2.47. The average molecular weight is 291 g/mol. The van der Waals surface area contributed by atoms with Crippen molar-refractivity contribution in [3.8, 4) is 0 Å². The molecule has 1 atom stereocenters. The minimum atomic E-state index is -2.83. The Morgan fingerprint density at radius 3 is 2.42 bits per heavy atom. The third-order valence-electron chi connectivity index (χ3n) is 3.23. The standard InChI is InChI=1S/C12H25N3O3S/c1-10(2)9-11(13)12(16)14-3-4-15-5-7-19(17,18)8-6-15/h10-11H,3-9,13H2,1-2H3,(H,14,16)/t11-/m0/s1. The molecule has 0 aromatic heterocycles. The van der Waals surface area contributed by atoms with Gasteiger partial charge in [-0.15, -0.1) is 0 Å². The van der Waals surface area contributed by atoms with Crippen molar-refractivity contribution in [3.05, 3.63) is 0 Å². The maximum absolute atomic E-state index is 11.7. The van der Waals surface area contributed by atoms with Gasteiger partial charge in [-0.25, -0.2) is 8.42 Å². The van der Waals surface area contributed by atoms with Crippen LogP contribution in [0.1, 0.15) is 20.3 Å². The highest BCUT2D eigenvalue weighted by atomic mass is 32.2. The van der Waals surface area contributed by atoms with Crippen LogP contribution in [0.3, 0.4) is 0 Å². The Kier molecular flexibility index (Phi) is 6.22. The molecule has 112 valence electrons. The number of nitrogens with zero attached hydrogens (tertiary/aromatic N) is 1. The van der Waals surface area contributed by atoms with Crippen molar-refractivity contribution in [1.82, 2.24) is 10.2 Å². The minimum Gasteiger partial charge on any atom is -0.353 e. The van der Waals surface area contributed by atoms with Gasteiger partial charge in [0.1, 0.15) is 0 Å². The first-order chi connectivity index (χ1) is 8.80. The first-order valence-electron chi connectivity index (χ1n) is 6.76. The molecular formula is C12H25N3O3S. The zero-order valence-electron chi connectivity index (χ0n) is 11.8. The van der Waals surface area contributed by atoms with Gasteiger partial charge in [0.15, 0.2) is 9.84 Å². The number of sulfone groups is 1. The van der Waals surface area contributed by atoms with Gasteiger partial charge in [-0.2, -0.15) is 0 Å². The van der Waals surface area contributed by atoms with Crippen LogP contribution in [-0.2, 0) is 14.6 Å². The summed E-state index contributed by atoms with van der Waals surface area (Å²) >= 11 is 0. The molecule has 0 saturated carbocycles. The van der Waals surface area contributed by atoms with Gasteiger partial charge in [0, 0.05) is 26.2 Å². The first kappa shape index (κ1) is 16.4. The van der Waals surface area contributed by atoms with Crippen LogP contribution in [0.15, 0.2) is 0 Å². The zero-order chi connectivity index (χ0) is 14.5. The molecule has 1 fully saturated rings. The van der Waals surface area contributed by atoms with Crippen LogP contribution in [-0.4, -0.2) is 63.0 Å². The lowest BCUT2D eigenvalue weighted by Gasteiger charge is -2.26. The predicted molar refractivity (Wildman–Crippen MR) is 75.5 cm³/mol. The first-order valence-corrected chi connectivity index (χ1v) is 8.58. The zero-order valence-corrected chi connectivity index (χ0v) is 12.6. The molecule has 0 bridgehead atoms. The van der Waals surface area contributed by atoms with Crippen molar-refractivity contribution in [2.75, 3.05) is 37.7 Å². The fourth-order valence-corrected chi connectivity index (χ4v) is 3.33. The molecule has 19 heavy (non-hydrogen) atoms. The van der Waals surface area contributed by atoms with Crippen molar-refractivity contribution < 1.29 is 13.2 Å². The highest BCUT2D eigenvalue weighted by Crippen LogP contribution is 2.03. The van der Waals surface area contributed by atoms with E-state index in [1.165, 1.54) is 0 Å². The Labute approximate surface area is 115 Å². The number of nitrogens with two attached hydrogens (primary N) is 1. The van der Waals surface area contributed by atoms with Gasteiger partial charge >= 0.3 is 0 Å². The second-order valence-electron chi connectivity index (χ2n) is 5.52. The van der Waals surface area contributed by atoms with Crippen LogP contribution >= 0.6 is 0 Å². The second-order valence-corrected chi connectivity index (χ2v) is 7.82. The van der Waals surface area contributed by atoms with Crippen LogP contribution < -0.4 is 11.1 Å². The Bertz CT molecular complexity index is 381. The maximum atomic E-state index is 11.7. The lowest BCUT2D eigenvalue weighted by molar-refractivity contribution is -0.122. The quantitative estimate of drug-likeness (QED) is 0.669. The summed E-state index contributed by atoms with van der Waals surface area (Å²) in [6.07, 6.45) is 0.674. The van der Waals surface area contributed by atoms with Crippen LogP contribution in [0.5, 0.6) is 0 Å². The van der Waals surface area contributed by atoms with Gasteiger partial charge in [-0.05, 0) is 12.3 Å². The third kappa shape index (κ3) is 6.35. The summed E-state index contributed by atoms with van der Waals surface area (Å²) in [5.74, 6) is 0.702. The van der Waals surface area contributed by atoms with E-state index in [0.717, 1.165) is 0 Å². The molecule has 0 radical (unpaired) electrons. The largest absolute Gasteiger partial charge is 0.353 e. The van der Waals surface area contributed by atoms with Gasteiger partial charge in [-0.3, -0.25) is 9.69 Å². The summed E-state index contributed by atoms with van der Waals surface area (Å²) in [6.45, 7) is 6.36. The highest BCUT2D eigenvalue weighted by Gasteiger charge is 2.21. The van der Waals surface area contributed by atoms with E-state index in [1.807, 2.05) is 13.8 Å². The van der Waals surface area contributed by atoms with E-state index in [4.69, 9.17) is 5.73 Å². The van der Waals surface area contributed by atoms with Crippen molar-refractivity contribution in [2.45, 2.75) is 26.3 Å². The molecule has 0 aromatic rings. The van der Waals surface area contributed by atoms with E-state index < -0.39 is 15.9 Å². The van der Waals surface area contributed by atoms with Crippen molar-refractivity contribution >= 4 is 15.7 Å². The van der Waals surface area contributed by atoms with Gasteiger partial charge in [-0.1, -0.05) is 13.8 Å². The van der Waals surface area contributed by atoms with Gasteiger partial charge in [0.2, 0.25) is 5.91 Å². The maximum Gasteiger partial charge on any atom is 0.236 e. The lowest BCUT2D eigenvalue weighted by atomic mass is 10.0. The molecule has 1 saturated heterocycles. The van der Waals surface area contributed by atoms with Crippen LogP contribution in [0.25, 0.3) is 0 Å². The van der Waals surface area contributed by atoms with E-state index in [9.17, 15) is 13.2 Å². The summed E-state index contributed by atoms with van der Waals surface area (Å²) < 4.78 is 22.5. The summed E-state index contributed by atoms with van der Waals surface area (Å²) in [5, 5.41) is 2.80. The molecule has 1 heterocycles. The molecular weight excluding hydrogens is 266 g/mol. The Balaban J connectivity index is 2.19. The van der Waals surface area contributed by atoms with Crippen LogP contribution in [0.4, 0.5) is 0 Å². The number of hydrogen-bond donors (Lipinski definition) is 2. The Hall–Kier alpha value is -0.660. The molecule has 0 unspecified atom stereocenters. The molecule has 3 N–H and O–H groups in total. The van der Waals surface area contributed by atoms with Gasteiger partial charge in [0.05, 0.1) is 17.5 Å². The van der Waals surface area contributed by atoms with Crippen molar-refractivity contribution in [2.24, 2.45) is 11.7 Å². The fraction of sp³-hybridized carbons (Fsp3) is 0.917. The molecule has 1 aliphatic heterocycles. The third-order valence-corrected chi connectivity index (χ3v) is 4.84. The smallest absolute Gasteiger partial charge is 0.236 e. The van der Waals surface area contributed by atoms with Crippen molar-refractivity contribution in [1.29, 1.82) is 0 Å². The summed E-state index contributed by atoms with van der Waals surface area (Å²) in [7, 11) is -2.83. The average Bonchev–Trinajstić information content (AvgIpc) is 2.30.